The zero-order valence-electron chi connectivity index (χ0n) is 18.3. The van der Waals surface area contributed by atoms with Gasteiger partial charge in [0.05, 0.1) is 11.4 Å². The van der Waals surface area contributed by atoms with Gasteiger partial charge >= 0.3 is 5.91 Å². The van der Waals surface area contributed by atoms with E-state index < -0.39 is 21.8 Å². The third-order valence-electron chi connectivity index (χ3n) is 4.87. The molecule has 0 radical (unpaired) electrons. The maximum atomic E-state index is 12.6. The number of thiophene rings is 1. The van der Waals surface area contributed by atoms with E-state index in [0.29, 0.717) is 12.3 Å². The number of nitrogens with zero attached hydrogens (tertiary/aromatic N) is 1. The second-order valence-corrected chi connectivity index (χ2v) is 9.87. The molecule has 1 aromatic carbocycles. The van der Waals surface area contributed by atoms with Crippen LogP contribution < -0.4 is 15.6 Å². The van der Waals surface area contributed by atoms with Crippen LogP contribution in [0.4, 0.5) is 0 Å². The first-order chi connectivity index (χ1) is 15.8. The number of furan rings is 1. The van der Waals surface area contributed by atoms with Crippen molar-refractivity contribution in [2.45, 2.75) is 31.8 Å². The maximum Gasteiger partial charge on any atom is 0.305 e. The van der Waals surface area contributed by atoms with Crippen LogP contribution in [0.1, 0.15) is 45.4 Å². The Hall–Kier alpha value is -2.99. The van der Waals surface area contributed by atoms with E-state index in [-0.39, 0.29) is 22.8 Å². The Balaban J connectivity index is 1.58. The number of carbonyl (C=O) groups is 2. The highest BCUT2D eigenvalue weighted by Gasteiger charge is 2.18. The lowest BCUT2D eigenvalue weighted by Gasteiger charge is -2.15. The number of nitrogens with one attached hydrogen (secondary N) is 3. The highest BCUT2D eigenvalue weighted by atomic mass is 32.2. The van der Waals surface area contributed by atoms with Gasteiger partial charge in [0.25, 0.3) is 5.91 Å². The van der Waals surface area contributed by atoms with Gasteiger partial charge < -0.3 is 4.42 Å². The Bertz CT molecular complexity index is 1190. The second-order valence-electron chi connectivity index (χ2n) is 7.07. The van der Waals surface area contributed by atoms with Gasteiger partial charge in [-0.15, -0.1) is 11.3 Å². The summed E-state index contributed by atoms with van der Waals surface area (Å²) in [6.07, 6.45) is 0. The van der Waals surface area contributed by atoms with Crippen molar-refractivity contribution in [1.82, 2.24) is 20.5 Å². The molecule has 0 bridgehead atoms. The SMILES string of the molecule is CCN(CC)Cc1ccc(C(=O)NNC(=O)c2cccc(S(=O)(=O)NCc3cccs3)c2)o1. The van der Waals surface area contributed by atoms with Gasteiger partial charge in [0.2, 0.25) is 10.0 Å². The predicted octanol–water partition coefficient (Wildman–Crippen LogP) is 2.74. The van der Waals surface area contributed by atoms with Crippen LogP contribution in [-0.4, -0.2) is 38.2 Å². The average molecular weight is 491 g/mol. The molecule has 176 valence electrons. The number of benzene rings is 1. The van der Waals surface area contributed by atoms with E-state index in [1.807, 2.05) is 31.4 Å². The van der Waals surface area contributed by atoms with Crippen molar-refractivity contribution in [2.75, 3.05) is 13.1 Å². The molecule has 0 aliphatic heterocycles. The largest absolute Gasteiger partial charge is 0.454 e. The molecule has 9 nitrogen and oxygen atoms in total. The zero-order valence-corrected chi connectivity index (χ0v) is 20.0. The Morgan fingerprint density at radius 2 is 1.76 bits per heavy atom. The first-order valence-electron chi connectivity index (χ1n) is 10.4. The molecule has 0 saturated heterocycles. The molecule has 2 amide bonds. The molecule has 0 saturated carbocycles. The van der Waals surface area contributed by atoms with Gasteiger partial charge in [-0.05, 0) is 54.9 Å². The summed E-state index contributed by atoms with van der Waals surface area (Å²) in [7, 11) is -3.81. The van der Waals surface area contributed by atoms with E-state index in [2.05, 4.69) is 20.5 Å². The van der Waals surface area contributed by atoms with E-state index in [0.717, 1.165) is 18.0 Å². The molecule has 3 aromatic rings. The number of amides is 2. The molecule has 0 atom stereocenters. The summed E-state index contributed by atoms with van der Waals surface area (Å²) in [6, 6.07) is 12.5. The smallest absolute Gasteiger partial charge is 0.305 e. The van der Waals surface area contributed by atoms with Gasteiger partial charge in [-0.3, -0.25) is 25.3 Å². The molecule has 11 heteroatoms. The third-order valence-corrected chi connectivity index (χ3v) is 7.15. The number of sulfonamides is 1. The zero-order chi connectivity index (χ0) is 23.8. The standard InChI is InChI=1S/C22H26N4O5S2/c1-3-26(4-2)15-17-10-11-20(31-17)22(28)25-24-21(27)16-7-5-9-19(13-16)33(29,30)23-14-18-8-6-12-32-18/h5-13,23H,3-4,14-15H2,1-2H3,(H,24,27)(H,25,28). The summed E-state index contributed by atoms with van der Waals surface area (Å²) in [6.45, 7) is 6.52. The second kappa shape index (κ2) is 11.2. The minimum absolute atomic E-state index is 0.0508. The first kappa shape index (κ1) is 24.6. The molecule has 2 heterocycles. The molecule has 0 unspecified atom stereocenters. The minimum Gasteiger partial charge on any atom is -0.454 e. The topological polar surface area (TPSA) is 121 Å². The highest BCUT2D eigenvalue weighted by Crippen LogP contribution is 2.14. The quantitative estimate of drug-likeness (QED) is 0.376. The Morgan fingerprint density at radius 1 is 1.00 bits per heavy atom. The van der Waals surface area contributed by atoms with Gasteiger partial charge in [0.1, 0.15) is 5.76 Å². The summed E-state index contributed by atoms with van der Waals surface area (Å²) < 4.78 is 33.2. The van der Waals surface area contributed by atoms with Crippen molar-refractivity contribution in [3.05, 3.63) is 75.9 Å². The minimum atomic E-state index is -3.81. The fourth-order valence-electron chi connectivity index (χ4n) is 2.97. The monoisotopic (exact) mass is 490 g/mol. The van der Waals surface area contributed by atoms with E-state index in [1.54, 1.807) is 6.07 Å². The van der Waals surface area contributed by atoms with Gasteiger partial charge in [0.15, 0.2) is 5.76 Å². The van der Waals surface area contributed by atoms with Gasteiger partial charge in [-0.1, -0.05) is 26.0 Å². The van der Waals surface area contributed by atoms with E-state index in [1.165, 1.54) is 41.7 Å². The fraction of sp³-hybridized carbons (Fsp3) is 0.273. The lowest BCUT2D eigenvalue weighted by molar-refractivity contribution is 0.0828. The maximum absolute atomic E-state index is 12.6. The average Bonchev–Trinajstić information content (AvgIpc) is 3.52. The molecule has 0 spiro atoms. The Kier molecular flexibility index (Phi) is 8.39. The van der Waals surface area contributed by atoms with Crippen molar-refractivity contribution in [1.29, 1.82) is 0 Å². The molecule has 3 rings (SSSR count). The highest BCUT2D eigenvalue weighted by molar-refractivity contribution is 7.89. The van der Waals surface area contributed by atoms with E-state index >= 15 is 0 Å². The summed E-state index contributed by atoms with van der Waals surface area (Å²) in [5.74, 6) is -0.571. The molecule has 0 aliphatic rings. The summed E-state index contributed by atoms with van der Waals surface area (Å²) in [5, 5.41) is 1.86. The van der Waals surface area contributed by atoms with Crippen molar-refractivity contribution in [2.24, 2.45) is 0 Å². The van der Waals surface area contributed by atoms with Crippen LogP contribution in [-0.2, 0) is 23.1 Å². The van der Waals surface area contributed by atoms with E-state index in [9.17, 15) is 18.0 Å². The third kappa shape index (κ3) is 6.75. The summed E-state index contributed by atoms with van der Waals surface area (Å²) in [5.41, 5.74) is 4.64. The molecule has 0 fully saturated rings. The molecular formula is C22H26N4O5S2. The fourth-order valence-corrected chi connectivity index (χ4v) is 4.75. The molecule has 0 aliphatic carbocycles. The van der Waals surface area contributed by atoms with Gasteiger partial charge in [-0.25, -0.2) is 13.1 Å². The normalized spacial score (nSPS) is 11.5. The van der Waals surface area contributed by atoms with Gasteiger partial charge in [0, 0.05) is 17.0 Å². The van der Waals surface area contributed by atoms with Crippen LogP contribution >= 0.6 is 11.3 Å². The number of hydrogen-bond acceptors (Lipinski definition) is 7. The molecule has 3 N–H and O–H groups in total. The summed E-state index contributed by atoms with van der Waals surface area (Å²) in [4.78, 5) is 27.7. The van der Waals surface area contributed by atoms with Crippen molar-refractivity contribution in [3.8, 4) is 0 Å². The van der Waals surface area contributed by atoms with Crippen molar-refractivity contribution in [3.63, 3.8) is 0 Å². The van der Waals surface area contributed by atoms with Crippen molar-refractivity contribution < 1.29 is 22.4 Å². The molecular weight excluding hydrogens is 464 g/mol. The number of rotatable bonds is 10. The Morgan fingerprint density at radius 3 is 2.45 bits per heavy atom. The van der Waals surface area contributed by atoms with Crippen LogP contribution in [0.2, 0.25) is 0 Å². The van der Waals surface area contributed by atoms with Crippen molar-refractivity contribution >= 4 is 33.2 Å². The first-order valence-corrected chi connectivity index (χ1v) is 12.7. The molecule has 2 aromatic heterocycles. The van der Waals surface area contributed by atoms with Crippen LogP contribution in [0.3, 0.4) is 0 Å². The Labute approximate surface area is 196 Å². The summed E-state index contributed by atoms with van der Waals surface area (Å²) >= 11 is 1.44. The van der Waals surface area contributed by atoms with E-state index in [4.69, 9.17) is 4.42 Å². The number of carbonyl (C=O) groups excluding carboxylic acids is 2. The van der Waals surface area contributed by atoms with Crippen LogP contribution in [0, 0.1) is 0 Å². The lowest BCUT2D eigenvalue weighted by Crippen LogP contribution is -2.41. The lowest BCUT2D eigenvalue weighted by atomic mass is 10.2. The van der Waals surface area contributed by atoms with Crippen LogP contribution in [0.25, 0.3) is 0 Å². The van der Waals surface area contributed by atoms with Crippen LogP contribution in [0.15, 0.2) is 63.2 Å². The number of hydrazine groups is 1. The van der Waals surface area contributed by atoms with Crippen LogP contribution in [0.5, 0.6) is 0 Å². The number of hydrogen-bond donors (Lipinski definition) is 3. The molecule has 33 heavy (non-hydrogen) atoms. The van der Waals surface area contributed by atoms with Gasteiger partial charge in [-0.2, -0.15) is 0 Å². The predicted molar refractivity (Wildman–Crippen MR) is 125 cm³/mol.